The Bertz CT molecular complexity index is 728. The minimum Gasteiger partial charge on any atom is -0.290 e. The van der Waals surface area contributed by atoms with Crippen molar-refractivity contribution in [3.8, 4) is 0 Å². The van der Waals surface area contributed by atoms with Crippen LogP contribution >= 0.6 is 12.4 Å². The number of carbonyl (C=O) groups is 2. The molecule has 8 nitrogen and oxygen atoms in total. The molecule has 1 aromatic carbocycles. The summed E-state index contributed by atoms with van der Waals surface area (Å²) < 4.78 is 3.60. The minimum absolute atomic E-state index is 0. The van der Waals surface area contributed by atoms with Crippen molar-refractivity contribution < 1.29 is 14.2 Å². The molecule has 2 aromatic rings. The number of amides is 2. The van der Waals surface area contributed by atoms with Crippen molar-refractivity contribution in [3.05, 3.63) is 60.2 Å². The van der Waals surface area contributed by atoms with E-state index in [0.29, 0.717) is 23.2 Å². The molecule has 0 aliphatic heterocycles. The fraction of sp³-hybridized carbons (Fsp3) is 0.0714. The van der Waals surface area contributed by atoms with E-state index < -0.39 is 11.8 Å². The molecule has 0 aliphatic carbocycles. The SMILES string of the molecule is C=Cn1cc[n+](Cc2cc(C(=O)NN)ccc2C(=O)NN)c1.Cl. The van der Waals surface area contributed by atoms with Gasteiger partial charge in [-0.1, -0.05) is 6.58 Å². The molecular formula is C14H18ClN6O2+. The molecule has 0 atom stereocenters. The molecule has 0 bridgehead atoms. The van der Waals surface area contributed by atoms with E-state index in [1.807, 2.05) is 17.0 Å². The topological polar surface area (TPSA) is 119 Å². The molecule has 0 radical (unpaired) electrons. The number of hydrogen-bond donors (Lipinski definition) is 4. The summed E-state index contributed by atoms with van der Waals surface area (Å²) in [4.78, 5) is 23.5. The van der Waals surface area contributed by atoms with Gasteiger partial charge in [-0.25, -0.2) is 20.8 Å². The summed E-state index contributed by atoms with van der Waals surface area (Å²) in [7, 11) is 0. The smallest absolute Gasteiger partial charge is 0.265 e. The van der Waals surface area contributed by atoms with Crippen molar-refractivity contribution in [2.75, 3.05) is 0 Å². The molecule has 1 aromatic heterocycles. The lowest BCUT2D eigenvalue weighted by Crippen LogP contribution is -2.36. The fourth-order valence-corrected chi connectivity index (χ4v) is 2.06. The number of rotatable bonds is 5. The van der Waals surface area contributed by atoms with E-state index in [1.54, 1.807) is 23.2 Å². The molecule has 2 rings (SSSR count). The van der Waals surface area contributed by atoms with E-state index >= 15 is 0 Å². The molecule has 9 heteroatoms. The highest BCUT2D eigenvalue weighted by Gasteiger charge is 2.16. The van der Waals surface area contributed by atoms with Crippen LogP contribution in [0.4, 0.5) is 0 Å². The van der Waals surface area contributed by atoms with Gasteiger partial charge in [0.15, 0.2) is 0 Å². The van der Waals surface area contributed by atoms with Crippen LogP contribution < -0.4 is 27.1 Å². The van der Waals surface area contributed by atoms with Crippen LogP contribution in [0.25, 0.3) is 6.20 Å². The molecule has 2 amide bonds. The number of carbonyl (C=O) groups excluding carboxylic acids is 2. The van der Waals surface area contributed by atoms with Gasteiger partial charge in [0.25, 0.3) is 11.8 Å². The van der Waals surface area contributed by atoms with Crippen molar-refractivity contribution in [1.29, 1.82) is 0 Å². The average Bonchev–Trinajstić information content (AvgIpc) is 3.01. The van der Waals surface area contributed by atoms with Gasteiger partial charge in [0.2, 0.25) is 6.33 Å². The van der Waals surface area contributed by atoms with E-state index in [0.717, 1.165) is 0 Å². The number of aromatic nitrogens is 2. The van der Waals surface area contributed by atoms with Gasteiger partial charge < -0.3 is 0 Å². The van der Waals surface area contributed by atoms with Crippen LogP contribution in [0.2, 0.25) is 0 Å². The fourth-order valence-electron chi connectivity index (χ4n) is 2.06. The summed E-state index contributed by atoms with van der Waals surface area (Å²) in [5.74, 6) is 9.46. The van der Waals surface area contributed by atoms with Crippen molar-refractivity contribution in [2.24, 2.45) is 11.7 Å². The van der Waals surface area contributed by atoms with E-state index in [4.69, 9.17) is 11.7 Å². The Morgan fingerprint density at radius 3 is 2.52 bits per heavy atom. The number of nitrogens with one attached hydrogen (secondary N) is 2. The quantitative estimate of drug-likeness (QED) is 0.256. The number of benzene rings is 1. The number of nitrogen functional groups attached to an aromatic ring is 2. The Hall–Kier alpha value is -2.68. The summed E-state index contributed by atoms with van der Waals surface area (Å²) in [5, 5.41) is 0. The van der Waals surface area contributed by atoms with Crippen LogP contribution in [0.15, 0.2) is 43.5 Å². The highest BCUT2D eigenvalue weighted by atomic mass is 35.5. The van der Waals surface area contributed by atoms with Crippen molar-refractivity contribution in [1.82, 2.24) is 15.4 Å². The van der Waals surface area contributed by atoms with Crippen LogP contribution in [0.3, 0.4) is 0 Å². The Labute approximate surface area is 139 Å². The van der Waals surface area contributed by atoms with Gasteiger partial charge in [-0.3, -0.25) is 20.4 Å². The van der Waals surface area contributed by atoms with E-state index in [9.17, 15) is 9.59 Å². The Morgan fingerprint density at radius 2 is 1.96 bits per heavy atom. The van der Waals surface area contributed by atoms with E-state index in [2.05, 4.69) is 17.4 Å². The summed E-state index contributed by atoms with van der Waals surface area (Å²) in [6.07, 6.45) is 7.07. The van der Waals surface area contributed by atoms with Gasteiger partial charge >= 0.3 is 0 Å². The number of nitrogens with two attached hydrogens (primary N) is 2. The second-order valence-corrected chi connectivity index (χ2v) is 4.53. The van der Waals surface area contributed by atoms with Crippen LogP contribution in [0.1, 0.15) is 26.3 Å². The highest BCUT2D eigenvalue weighted by molar-refractivity contribution is 5.98. The molecule has 122 valence electrons. The third-order valence-electron chi connectivity index (χ3n) is 3.15. The Balaban J connectivity index is 0.00000264. The molecule has 0 fully saturated rings. The first-order chi connectivity index (χ1) is 10.6. The third-order valence-corrected chi connectivity index (χ3v) is 3.15. The predicted molar refractivity (Wildman–Crippen MR) is 87.1 cm³/mol. The third kappa shape index (κ3) is 4.16. The second kappa shape index (κ2) is 8.08. The minimum atomic E-state index is -0.436. The van der Waals surface area contributed by atoms with Gasteiger partial charge in [0.05, 0.1) is 6.20 Å². The zero-order valence-electron chi connectivity index (χ0n) is 12.2. The van der Waals surface area contributed by atoms with Crippen molar-refractivity contribution in [3.63, 3.8) is 0 Å². The number of halogens is 1. The zero-order chi connectivity index (χ0) is 16.1. The second-order valence-electron chi connectivity index (χ2n) is 4.53. The predicted octanol–water partition coefficient (Wildman–Crippen LogP) is -0.447. The Morgan fingerprint density at radius 1 is 1.26 bits per heavy atom. The average molecular weight is 338 g/mol. The number of nitrogens with zero attached hydrogens (tertiary/aromatic N) is 2. The normalized spacial score (nSPS) is 9.65. The summed E-state index contributed by atoms with van der Waals surface area (Å²) in [5.41, 5.74) is 5.53. The molecule has 0 saturated heterocycles. The lowest BCUT2D eigenvalue weighted by Gasteiger charge is -2.09. The molecule has 1 heterocycles. The first kappa shape index (κ1) is 18.4. The van der Waals surface area contributed by atoms with Crippen LogP contribution in [-0.4, -0.2) is 16.4 Å². The maximum Gasteiger partial charge on any atom is 0.265 e. The lowest BCUT2D eigenvalue weighted by molar-refractivity contribution is -0.687. The maximum absolute atomic E-state index is 11.8. The lowest BCUT2D eigenvalue weighted by atomic mass is 10.0. The number of hydrogen-bond acceptors (Lipinski definition) is 4. The van der Waals surface area contributed by atoms with Crippen molar-refractivity contribution in [2.45, 2.75) is 6.54 Å². The van der Waals surface area contributed by atoms with Crippen molar-refractivity contribution >= 4 is 30.4 Å². The van der Waals surface area contributed by atoms with Gasteiger partial charge in [-0.2, -0.15) is 0 Å². The van der Waals surface area contributed by atoms with E-state index in [-0.39, 0.29) is 12.4 Å². The monoisotopic (exact) mass is 337 g/mol. The number of hydrazine groups is 2. The van der Waals surface area contributed by atoms with Crippen LogP contribution in [0.5, 0.6) is 0 Å². The largest absolute Gasteiger partial charge is 0.290 e. The van der Waals surface area contributed by atoms with Gasteiger partial charge in [-0.05, 0) is 18.2 Å². The summed E-state index contributed by atoms with van der Waals surface area (Å²) >= 11 is 0. The molecule has 0 spiro atoms. The molecule has 23 heavy (non-hydrogen) atoms. The summed E-state index contributed by atoms with van der Waals surface area (Å²) in [6.45, 7) is 4.05. The molecular weight excluding hydrogens is 320 g/mol. The summed E-state index contributed by atoms with van der Waals surface area (Å²) in [6, 6.07) is 4.65. The molecule has 6 N–H and O–H groups in total. The highest BCUT2D eigenvalue weighted by Crippen LogP contribution is 2.12. The number of imidazole rings is 1. The molecule has 0 unspecified atom stereocenters. The maximum atomic E-state index is 11.8. The molecule has 0 saturated carbocycles. The van der Waals surface area contributed by atoms with Gasteiger partial charge in [0.1, 0.15) is 18.9 Å². The first-order valence-corrected chi connectivity index (χ1v) is 6.43. The van der Waals surface area contributed by atoms with E-state index in [1.165, 1.54) is 12.1 Å². The van der Waals surface area contributed by atoms with Crippen LogP contribution in [-0.2, 0) is 6.54 Å². The molecule has 0 aliphatic rings. The van der Waals surface area contributed by atoms with Gasteiger partial charge in [-0.15, -0.1) is 12.4 Å². The van der Waals surface area contributed by atoms with Gasteiger partial charge in [0, 0.05) is 16.7 Å². The first-order valence-electron chi connectivity index (χ1n) is 6.43. The Kier molecular flexibility index (Phi) is 6.46. The zero-order valence-corrected chi connectivity index (χ0v) is 13.0. The van der Waals surface area contributed by atoms with Crippen LogP contribution in [0, 0.1) is 0 Å². The standard InChI is InChI=1S/C14H16N6O2.ClH/c1-2-19-5-6-20(9-19)8-11-7-10(13(21)17-15)3-4-12(11)14(22)18-16;/h2-7,9H,1,8H2,(H5-,15,16,17,18,21,22);1H/p+1.